The Hall–Kier alpha value is -1.44. The number of hydrogen-bond donors (Lipinski definition) is 3. The second-order valence-corrected chi connectivity index (χ2v) is 6.29. The molecule has 0 aliphatic heterocycles. The van der Waals surface area contributed by atoms with Crippen LogP contribution in [0.2, 0.25) is 0 Å². The zero-order valence-corrected chi connectivity index (χ0v) is 11.5. The standard InChI is InChI=1S/C12H17N3O3S/c1-8-2-5-10(19(13,17)18)6-11(8)15-12(16)7-14-9-3-4-9/h2,5-6,9,14H,3-4,7H2,1H3,(H,15,16)(H2,13,17,18). The first kappa shape index (κ1) is 14.0. The topological polar surface area (TPSA) is 101 Å². The number of aryl methyl sites for hydroxylation is 1. The molecule has 0 unspecified atom stereocenters. The van der Waals surface area contributed by atoms with E-state index in [4.69, 9.17) is 5.14 Å². The van der Waals surface area contributed by atoms with Gasteiger partial charge in [-0.2, -0.15) is 0 Å². The fourth-order valence-electron chi connectivity index (χ4n) is 1.63. The van der Waals surface area contributed by atoms with Crippen molar-refractivity contribution in [1.29, 1.82) is 0 Å². The van der Waals surface area contributed by atoms with E-state index in [0.717, 1.165) is 18.4 Å². The van der Waals surface area contributed by atoms with Gasteiger partial charge in [0.1, 0.15) is 0 Å². The van der Waals surface area contributed by atoms with Crippen LogP contribution >= 0.6 is 0 Å². The summed E-state index contributed by atoms with van der Waals surface area (Å²) in [6, 6.07) is 4.86. The van der Waals surface area contributed by atoms with Gasteiger partial charge in [0.25, 0.3) is 0 Å². The van der Waals surface area contributed by atoms with Crippen molar-refractivity contribution >= 4 is 21.6 Å². The van der Waals surface area contributed by atoms with Crippen molar-refractivity contribution < 1.29 is 13.2 Å². The van der Waals surface area contributed by atoms with Gasteiger partial charge in [0, 0.05) is 11.7 Å². The van der Waals surface area contributed by atoms with Crippen LogP contribution in [0.4, 0.5) is 5.69 Å². The first-order valence-electron chi connectivity index (χ1n) is 6.03. The highest BCUT2D eigenvalue weighted by atomic mass is 32.2. The van der Waals surface area contributed by atoms with Gasteiger partial charge in [0.05, 0.1) is 11.4 Å². The predicted molar refractivity (Wildman–Crippen MR) is 72.2 cm³/mol. The summed E-state index contributed by atoms with van der Waals surface area (Å²) in [4.78, 5) is 11.7. The van der Waals surface area contributed by atoms with Crippen LogP contribution in [0.15, 0.2) is 23.1 Å². The molecule has 0 spiro atoms. The fraction of sp³-hybridized carbons (Fsp3) is 0.417. The molecule has 0 heterocycles. The Bertz CT molecular complexity index is 594. The molecule has 104 valence electrons. The average Bonchev–Trinajstić information content (AvgIpc) is 3.12. The summed E-state index contributed by atoms with van der Waals surface area (Å²) in [5, 5.41) is 10.8. The largest absolute Gasteiger partial charge is 0.325 e. The van der Waals surface area contributed by atoms with Gasteiger partial charge in [-0.15, -0.1) is 0 Å². The first-order chi connectivity index (χ1) is 8.86. The molecule has 0 bridgehead atoms. The summed E-state index contributed by atoms with van der Waals surface area (Å²) in [7, 11) is -3.76. The monoisotopic (exact) mass is 283 g/mol. The molecular weight excluding hydrogens is 266 g/mol. The van der Waals surface area contributed by atoms with E-state index in [1.165, 1.54) is 12.1 Å². The number of sulfonamides is 1. The maximum Gasteiger partial charge on any atom is 0.238 e. The second-order valence-electron chi connectivity index (χ2n) is 4.73. The van der Waals surface area contributed by atoms with E-state index in [1.54, 1.807) is 13.0 Å². The average molecular weight is 283 g/mol. The van der Waals surface area contributed by atoms with Crippen molar-refractivity contribution in [3.63, 3.8) is 0 Å². The molecule has 4 N–H and O–H groups in total. The van der Waals surface area contributed by atoms with Gasteiger partial charge in [-0.1, -0.05) is 6.07 Å². The van der Waals surface area contributed by atoms with E-state index >= 15 is 0 Å². The Morgan fingerprint density at radius 1 is 1.42 bits per heavy atom. The minimum Gasteiger partial charge on any atom is -0.325 e. The molecule has 6 nitrogen and oxygen atoms in total. The molecule has 1 saturated carbocycles. The maximum absolute atomic E-state index is 11.7. The van der Waals surface area contributed by atoms with Crippen LogP contribution in [0.1, 0.15) is 18.4 Å². The number of carbonyl (C=O) groups excluding carboxylic acids is 1. The molecule has 2 rings (SSSR count). The van der Waals surface area contributed by atoms with Crippen LogP contribution in [-0.4, -0.2) is 26.9 Å². The third kappa shape index (κ3) is 4.02. The van der Waals surface area contributed by atoms with E-state index in [1.807, 2.05) is 0 Å². The van der Waals surface area contributed by atoms with Gasteiger partial charge >= 0.3 is 0 Å². The van der Waals surface area contributed by atoms with Gasteiger partial charge in [-0.25, -0.2) is 13.6 Å². The number of nitrogens with one attached hydrogen (secondary N) is 2. The summed E-state index contributed by atoms with van der Waals surface area (Å²) in [5.74, 6) is -0.193. The fourth-order valence-corrected chi connectivity index (χ4v) is 2.17. The number of primary sulfonamides is 1. The molecule has 0 atom stereocenters. The Kier molecular flexibility index (Phi) is 3.88. The van der Waals surface area contributed by atoms with Crippen LogP contribution in [0, 0.1) is 6.92 Å². The van der Waals surface area contributed by atoms with Crippen molar-refractivity contribution in [3.8, 4) is 0 Å². The smallest absolute Gasteiger partial charge is 0.238 e. The van der Waals surface area contributed by atoms with Gasteiger partial charge in [0.15, 0.2) is 0 Å². The molecule has 7 heteroatoms. The SMILES string of the molecule is Cc1ccc(S(N)(=O)=O)cc1NC(=O)CNC1CC1. The lowest BCUT2D eigenvalue weighted by Gasteiger charge is -2.10. The Morgan fingerprint density at radius 2 is 2.11 bits per heavy atom. The molecule has 1 amide bonds. The molecular formula is C12H17N3O3S. The van der Waals surface area contributed by atoms with Crippen molar-refractivity contribution in [2.45, 2.75) is 30.7 Å². The number of rotatable bonds is 5. The molecule has 1 aliphatic rings. The second kappa shape index (κ2) is 5.28. The molecule has 1 aromatic carbocycles. The number of benzene rings is 1. The Morgan fingerprint density at radius 3 is 2.68 bits per heavy atom. The number of anilines is 1. The summed E-state index contributed by atoms with van der Waals surface area (Å²) in [6.45, 7) is 2.01. The maximum atomic E-state index is 11.7. The molecule has 0 saturated heterocycles. The van der Waals surface area contributed by atoms with Crippen LogP contribution in [0.3, 0.4) is 0 Å². The van der Waals surface area contributed by atoms with E-state index in [9.17, 15) is 13.2 Å². The van der Waals surface area contributed by atoms with E-state index < -0.39 is 10.0 Å². The Balaban J connectivity index is 2.07. The summed E-state index contributed by atoms with van der Waals surface area (Å²) in [5.41, 5.74) is 1.25. The first-order valence-corrected chi connectivity index (χ1v) is 7.57. The van der Waals surface area contributed by atoms with Gasteiger partial charge < -0.3 is 10.6 Å². The summed E-state index contributed by atoms with van der Waals surface area (Å²) < 4.78 is 22.5. The molecule has 0 aromatic heterocycles. The minimum atomic E-state index is -3.76. The minimum absolute atomic E-state index is 0.0106. The van der Waals surface area contributed by atoms with Gasteiger partial charge in [-0.05, 0) is 37.5 Å². The lowest BCUT2D eigenvalue weighted by molar-refractivity contribution is -0.115. The normalized spacial score (nSPS) is 15.3. The van der Waals surface area contributed by atoms with Crippen LogP contribution in [0.25, 0.3) is 0 Å². The number of hydrogen-bond acceptors (Lipinski definition) is 4. The number of nitrogens with two attached hydrogens (primary N) is 1. The highest BCUT2D eigenvalue weighted by molar-refractivity contribution is 7.89. The van der Waals surface area contributed by atoms with Crippen molar-refractivity contribution in [1.82, 2.24) is 5.32 Å². The van der Waals surface area contributed by atoms with E-state index in [2.05, 4.69) is 10.6 Å². The lowest BCUT2D eigenvalue weighted by atomic mass is 10.2. The molecule has 1 fully saturated rings. The lowest BCUT2D eigenvalue weighted by Crippen LogP contribution is -2.29. The van der Waals surface area contributed by atoms with E-state index in [-0.39, 0.29) is 17.3 Å². The third-order valence-corrected chi connectivity index (χ3v) is 3.85. The summed E-state index contributed by atoms with van der Waals surface area (Å²) >= 11 is 0. The van der Waals surface area contributed by atoms with Crippen molar-refractivity contribution in [2.24, 2.45) is 5.14 Å². The summed E-state index contributed by atoms with van der Waals surface area (Å²) in [6.07, 6.45) is 2.21. The molecule has 1 aromatic rings. The van der Waals surface area contributed by atoms with Gasteiger partial charge in [-0.3, -0.25) is 4.79 Å². The van der Waals surface area contributed by atoms with Gasteiger partial charge in [0.2, 0.25) is 15.9 Å². The van der Waals surface area contributed by atoms with Crippen molar-refractivity contribution in [3.05, 3.63) is 23.8 Å². The van der Waals surface area contributed by atoms with Crippen molar-refractivity contribution in [2.75, 3.05) is 11.9 Å². The number of amides is 1. The van der Waals surface area contributed by atoms with Crippen LogP contribution in [0.5, 0.6) is 0 Å². The third-order valence-electron chi connectivity index (χ3n) is 2.94. The zero-order valence-electron chi connectivity index (χ0n) is 10.6. The molecule has 19 heavy (non-hydrogen) atoms. The quantitative estimate of drug-likeness (QED) is 0.725. The van der Waals surface area contributed by atoms with E-state index in [0.29, 0.717) is 11.7 Å². The molecule has 1 aliphatic carbocycles. The highest BCUT2D eigenvalue weighted by Gasteiger charge is 2.21. The zero-order chi connectivity index (χ0) is 14.0. The Labute approximate surface area is 112 Å². The van der Waals surface area contributed by atoms with Crippen LogP contribution < -0.4 is 15.8 Å². The van der Waals surface area contributed by atoms with Crippen LogP contribution in [-0.2, 0) is 14.8 Å². The number of carbonyl (C=O) groups is 1. The molecule has 0 radical (unpaired) electrons. The predicted octanol–water partition coefficient (Wildman–Crippen LogP) is 0.333. The highest BCUT2D eigenvalue weighted by Crippen LogP contribution is 2.20.